The summed E-state index contributed by atoms with van der Waals surface area (Å²) in [5, 5.41) is 0. The third kappa shape index (κ3) is 669. The summed E-state index contributed by atoms with van der Waals surface area (Å²) in [5.74, 6) is 0. The van der Waals surface area contributed by atoms with Crippen LogP contribution in [0.2, 0.25) is 0 Å². The minimum Gasteiger partial charge on any atom is -0.415 e. The molecule has 1 radical (unpaired) electrons. The first-order valence-corrected chi connectivity index (χ1v) is 4.54. The molecule has 0 atom stereocenters. The van der Waals surface area contributed by atoms with Gasteiger partial charge in [-0.2, -0.15) is 0 Å². The van der Waals surface area contributed by atoms with Gasteiger partial charge in [0.2, 0.25) is 0 Å². The van der Waals surface area contributed by atoms with E-state index in [1.807, 2.05) is 0 Å². The molecule has 0 saturated heterocycles. The van der Waals surface area contributed by atoms with Crippen molar-refractivity contribution in [1.29, 1.82) is 0 Å². The summed E-state index contributed by atoms with van der Waals surface area (Å²) in [6, 6.07) is 0. The second-order valence-corrected chi connectivity index (χ2v) is 4.37. The van der Waals surface area contributed by atoms with Crippen LogP contribution in [0.4, 0.5) is 0 Å². The van der Waals surface area contributed by atoms with Crippen molar-refractivity contribution in [3.05, 3.63) is 0 Å². The van der Waals surface area contributed by atoms with E-state index in [0.29, 0.717) is 0 Å². The van der Waals surface area contributed by atoms with Crippen molar-refractivity contribution in [2.24, 2.45) is 17.2 Å². The van der Waals surface area contributed by atoms with E-state index in [4.69, 9.17) is 0 Å². The molecule has 0 rings (SSSR count). The molecule has 0 aromatic rings. The zero-order valence-corrected chi connectivity index (χ0v) is 13.6. The van der Waals surface area contributed by atoms with E-state index in [0.717, 1.165) is 0 Å². The van der Waals surface area contributed by atoms with Crippen LogP contribution in [0, 0.1) is 40.4 Å². The molecule has 0 fully saturated rings. The predicted octanol–water partition coefficient (Wildman–Crippen LogP) is -0.669. The van der Waals surface area contributed by atoms with Crippen LogP contribution >= 0.6 is 36.7 Å². The third-order valence-electron chi connectivity index (χ3n) is 0. The molecule has 0 aromatic carbocycles. The molecule has 0 saturated carbocycles. The smallest absolute Gasteiger partial charge is 0.415 e. The Balaban J connectivity index is -0.0000000450. The average molecular weight is 427 g/mol. The third-order valence-corrected chi connectivity index (χ3v) is 0. The molecule has 0 aliphatic heterocycles. The van der Waals surface area contributed by atoms with Crippen molar-refractivity contribution in [3.8, 4) is 0 Å². The molecular weight excluding hydrogens is 421 g/mol. The van der Waals surface area contributed by atoms with Crippen molar-refractivity contribution in [2.75, 3.05) is 0 Å². The molecule has 0 unspecified atom stereocenters. The van der Waals surface area contributed by atoms with Crippen LogP contribution in [0.3, 0.4) is 0 Å². The van der Waals surface area contributed by atoms with Gasteiger partial charge in [-0.1, -0.05) is 13.0 Å². The number of thiocarbonyl (C=S) groups is 3. The Labute approximate surface area is 143 Å². The van der Waals surface area contributed by atoms with Gasteiger partial charge < -0.3 is 91.7 Å². The minimum absolute atomic E-state index is 0. The van der Waals surface area contributed by atoms with Crippen LogP contribution in [0.25, 0.3) is 0 Å². The Morgan fingerprint density at radius 3 is 0.692 bits per heavy atom. The van der Waals surface area contributed by atoms with E-state index in [-0.39, 0.29) is 53.3 Å². The maximum atomic E-state index is 4.66. The van der Waals surface area contributed by atoms with E-state index >= 15 is 0 Å². The van der Waals surface area contributed by atoms with Crippen LogP contribution in [-0.4, -0.2) is 13.0 Å². The van der Waals surface area contributed by atoms with Gasteiger partial charge in [0.05, 0.1) is 0 Å². The first-order chi connectivity index (χ1) is 5.20. The fourth-order valence-electron chi connectivity index (χ4n) is 0. The fourth-order valence-corrected chi connectivity index (χ4v) is 0. The van der Waals surface area contributed by atoms with E-state index in [9.17, 15) is 0 Å². The minimum atomic E-state index is 0. The number of hydrogen-bond donors (Lipinski definition) is 3. The molecule has 0 heterocycles. The predicted molar refractivity (Wildman–Crippen MR) is 72.5 cm³/mol. The molecule has 0 aliphatic carbocycles. The van der Waals surface area contributed by atoms with Gasteiger partial charge in [0, 0.05) is 0 Å². The van der Waals surface area contributed by atoms with Gasteiger partial charge in [0.1, 0.15) is 0 Å². The van der Waals surface area contributed by atoms with Crippen LogP contribution in [0.5, 0.6) is 0 Å². The monoisotopic (exact) mass is 428 g/mol. The van der Waals surface area contributed by atoms with Gasteiger partial charge in [-0.3, -0.25) is 0 Å². The maximum Gasteiger partial charge on any atom is 3.00 e. The van der Waals surface area contributed by atoms with Gasteiger partial charge in [0.25, 0.3) is 0 Å². The standard InChI is InChI=1S/3CH3NS2.Sm/c3*2-1(3)4;/h3*(H3,2,3,4);/q;;;+3/p-3. The molecular formula is C3H6N3S6Sm. The molecule has 0 bridgehead atoms. The molecule has 6 N–H and O–H groups in total. The summed E-state index contributed by atoms with van der Waals surface area (Å²) in [6.45, 7) is 0. The van der Waals surface area contributed by atoms with Crippen molar-refractivity contribution in [3.63, 3.8) is 0 Å². The van der Waals surface area contributed by atoms with Gasteiger partial charge in [0.15, 0.2) is 0 Å². The van der Waals surface area contributed by atoms with Crippen LogP contribution in [-0.2, 0) is 37.9 Å². The molecule has 3 nitrogen and oxygen atoms in total. The van der Waals surface area contributed by atoms with Crippen molar-refractivity contribution < 1.29 is 40.4 Å². The van der Waals surface area contributed by atoms with Crippen molar-refractivity contribution in [2.45, 2.75) is 0 Å². The van der Waals surface area contributed by atoms with Crippen LogP contribution in [0.1, 0.15) is 0 Å². The zero-order chi connectivity index (χ0) is 10.7. The fraction of sp³-hybridized carbons (Fsp3) is 0. The Morgan fingerprint density at radius 2 is 0.692 bits per heavy atom. The number of hydrogen-bond acceptors (Lipinski definition) is 6. The Morgan fingerprint density at radius 1 is 0.692 bits per heavy atom. The van der Waals surface area contributed by atoms with E-state index in [1.54, 1.807) is 0 Å². The molecule has 0 aliphatic rings. The normalized spacial score (nSPS) is 5.54. The van der Waals surface area contributed by atoms with E-state index in [2.05, 4.69) is 91.7 Å². The Hall–Kier alpha value is 1.67. The maximum absolute atomic E-state index is 4.66. The summed E-state index contributed by atoms with van der Waals surface area (Å²) in [6.07, 6.45) is 0. The molecule has 0 amide bonds. The van der Waals surface area contributed by atoms with Gasteiger partial charge in [-0.25, -0.2) is 0 Å². The van der Waals surface area contributed by atoms with E-state index < -0.39 is 0 Å². The number of nitrogens with two attached hydrogens (primary N) is 3. The molecule has 0 aromatic heterocycles. The zero-order valence-electron chi connectivity index (χ0n) is 6.09. The topological polar surface area (TPSA) is 78.1 Å². The molecule has 75 valence electrons. The van der Waals surface area contributed by atoms with Gasteiger partial charge >= 0.3 is 40.4 Å². The van der Waals surface area contributed by atoms with Gasteiger partial charge in [-0.05, 0) is 0 Å². The average Bonchev–Trinajstić information content (AvgIpc) is 1.54. The quantitative estimate of drug-likeness (QED) is 0.345. The number of rotatable bonds is 0. The first kappa shape index (κ1) is 24.1. The van der Waals surface area contributed by atoms with E-state index in [1.165, 1.54) is 0 Å². The summed E-state index contributed by atoms with van der Waals surface area (Å²) in [7, 11) is 0. The van der Waals surface area contributed by atoms with Crippen molar-refractivity contribution >= 4 is 87.5 Å². The summed E-state index contributed by atoms with van der Waals surface area (Å²) < 4.78 is 0.250. The van der Waals surface area contributed by atoms with Crippen LogP contribution < -0.4 is 17.2 Å². The molecule has 0 spiro atoms. The second-order valence-electron chi connectivity index (χ2n) is 0.957. The van der Waals surface area contributed by atoms with Crippen molar-refractivity contribution in [1.82, 2.24) is 0 Å². The second kappa shape index (κ2) is 19.3. The van der Waals surface area contributed by atoms with Gasteiger partial charge in [-0.15, -0.1) is 0 Å². The molecule has 10 heteroatoms. The Bertz CT molecular complexity index is 121. The summed E-state index contributed by atoms with van der Waals surface area (Å²) in [4.78, 5) is 0. The Kier molecular flexibility index (Phi) is 35.7. The van der Waals surface area contributed by atoms with Crippen LogP contribution in [0.15, 0.2) is 0 Å². The summed E-state index contributed by atoms with van der Waals surface area (Å²) in [5.41, 5.74) is 14.0. The molecule has 13 heavy (non-hydrogen) atoms. The largest absolute Gasteiger partial charge is 3.00 e. The first-order valence-electron chi connectivity index (χ1n) is 2.09. The SMILES string of the molecule is NC(=S)[S-].NC(=S)[S-].NC(=S)[S-].[Sm+3]. The summed E-state index contributed by atoms with van der Waals surface area (Å²) >= 11 is 24.8.